The van der Waals surface area contributed by atoms with E-state index in [4.69, 9.17) is 4.74 Å². The van der Waals surface area contributed by atoms with Gasteiger partial charge >= 0.3 is 0 Å². The molecule has 0 N–H and O–H groups in total. The summed E-state index contributed by atoms with van der Waals surface area (Å²) in [4.78, 5) is 21.7. The SMILES string of the molecule is COc1cccc([C@@H](C[N+](=O)[O-])[C@H](C=O)C(C)C)c1. The van der Waals surface area contributed by atoms with Crippen molar-refractivity contribution < 1.29 is 14.5 Å². The molecule has 2 atom stereocenters. The highest BCUT2D eigenvalue weighted by molar-refractivity contribution is 5.56. The largest absolute Gasteiger partial charge is 0.497 e. The smallest absolute Gasteiger partial charge is 0.211 e. The van der Waals surface area contributed by atoms with Crippen LogP contribution < -0.4 is 4.74 Å². The standard InChI is InChI=1S/C14H19NO4/c1-10(2)14(9-16)13(8-15(17)18)11-5-4-6-12(7-11)19-3/h4-7,9-10,13-14H,8H2,1-3H3/t13-,14-/m1/s1. The van der Waals surface area contributed by atoms with E-state index < -0.39 is 5.92 Å². The van der Waals surface area contributed by atoms with Crippen molar-refractivity contribution in [3.8, 4) is 5.75 Å². The summed E-state index contributed by atoms with van der Waals surface area (Å²) in [6, 6.07) is 7.12. The van der Waals surface area contributed by atoms with E-state index in [-0.39, 0.29) is 23.3 Å². The molecule has 0 heterocycles. The Kier molecular flexibility index (Phi) is 5.48. The minimum absolute atomic E-state index is 0.0497. The van der Waals surface area contributed by atoms with E-state index in [9.17, 15) is 14.9 Å². The summed E-state index contributed by atoms with van der Waals surface area (Å²) in [6.45, 7) is 3.53. The van der Waals surface area contributed by atoms with E-state index in [0.717, 1.165) is 11.8 Å². The van der Waals surface area contributed by atoms with Crippen LogP contribution in [0.4, 0.5) is 0 Å². The number of ether oxygens (including phenoxy) is 1. The van der Waals surface area contributed by atoms with Crippen LogP contribution in [0.25, 0.3) is 0 Å². The van der Waals surface area contributed by atoms with Crippen molar-refractivity contribution in [1.29, 1.82) is 0 Å². The number of benzene rings is 1. The minimum Gasteiger partial charge on any atom is -0.497 e. The van der Waals surface area contributed by atoms with Crippen molar-refractivity contribution in [2.75, 3.05) is 13.7 Å². The first-order chi connectivity index (χ1) is 8.99. The zero-order valence-corrected chi connectivity index (χ0v) is 11.4. The second kappa shape index (κ2) is 6.87. The predicted octanol–water partition coefficient (Wildman–Crippen LogP) is 2.53. The number of methoxy groups -OCH3 is 1. The number of hydrogen-bond donors (Lipinski definition) is 0. The van der Waals surface area contributed by atoms with Crippen LogP contribution in [-0.2, 0) is 4.79 Å². The Balaban J connectivity index is 3.14. The number of aldehydes is 1. The van der Waals surface area contributed by atoms with E-state index in [1.54, 1.807) is 31.4 Å². The molecule has 104 valence electrons. The first-order valence-electron chi connectivity index (χ1n) is 6.20. The number of carbonyl (C=O) groups excluding carboxylic acids is 1. The number of hydrogen-bond acceptors (Lipinski definition) is 4. The molecule has 0 bridgehead atoms. The predicted molar refractivity (Wildman–Crippen MR) is 72.0 cm³/mol. The van der Waals surface area contributed by atoms with Gasteiger partial charge in [-0.2, -0.15) is 0 Å². The number of rotatable bonds is 7. The van der Waals surface area contributed by atoms with Crippen LogP contribution in [0.3, 0.4) is 0 Å². The summed E-state index contributed by atoms with van der Waals surface area (Å²) in [5, 5.41) is 10.8. The van der Waals surface area contributed by atoms with Gasteiger partial charge in [-0.15, -0.1) is 0 Å². The van der Waals surface area contributed by atoms with Crippen LogP contribution in [0.5, 0.6) is 5.75 Å². The molecule has 0 fully saturated rings. The maximum Gasteiger partial charge on any atom is 0.211 e. The molecule has 5 nitrogen and oxygen atoms in total. The average Bonchev–Trinajstić information content (AvgIpc) is 2.37. The lowest BCUT2D eigenvalue weighted by Gasteiger charge is -2.23. The minimum atomic E-state index is -0.428. The first-order valence-corrected chi connectivity index (χ1v) is 6.20. The van der Waals surface area contributed by atoms with Crippen molar-refractivity contribution in [2.24, 2.45) is 11.8 Å². The fraction of sp³-hybridized carbons (Fsp3) is 0.500. The maximum absolute atomic E-state index is 11.2. The molecule has 0 aliphatic heterocycles. The van der Waals surface area contributed by atoms with Crippen LogP contribution in [0.15, 0.2) is 24.3 Å². The van der Waals surface area contributed by atoms with Crippen LogP contribution in [0.2, 0.25) is 0 Å². The van der Waals surface area contributed by atoms with Gasteiger partial charge in [0.15, 0.2) is 0 Å². The molecular formula is C14H19NO4. The molecule has 0 aliphatic rings. The Bertz CT molecular complexity index is 445. The summed E-state index contributed by atoms with van der Waals surface area (Å²) in [5.41, 5.74) is 0.766. The molecule has 0 spiro atoms. The molecule has 0 unspecified atom stereocenters. The molecule has 1 aromatic rings. The van der Waals surface area contributed by atoms with Crippen molar-refractivity contribution in [3.05, 3.63) is 39.9 Å². The molecule has 0 radical (unpaired) electrons. The third-order valence-corrected chi connectivity index (χ3v) is 3.26. The fourth-order valence-electron chi connectivity index (χ4n) is 2.20. The van der Waals surface area contributed by atoms with Gasteiger partial charge in [0.25, 0.3) is 0 Å². The quantitative estimate of drug-likeness (QED) is 0.431. The van der Waals surface area contributed by atoms with Crippen LogP contribution >= 0.6 is 0 Å². The molecule has 19 heavy (non-hydrogen) atoms. The van der Waals surface area contributed by atoms with Gasteiger partial charge in [-0.25, -0.2) is 0 Å². The van der Waals surface area contributed by atoms with Gasteiger partial charge in [-0.05, 0) is 23.6 Å². The first kappa shape index (κ1) is 15.1. The van der Waals surface area contributed by atoms with Crippen molar-refractivity contribution in [2.45, 2.75) is 19.8 Å². The second-order valence-electron chi connectivity index (χ2n) is 4.86. The Labute approximate surface area is 112 Å². The zero-order valence-electron chi connectivity index (χ0n) is 11.4. The van der Waals surface area contributed by atoms with Gasteiger partial charge in [0.05, 0.1) is 13.0 Å². The average molecular weight is 265 g/mol. The number of carbonyl (C=O) groups is 1. The van der Waals surface area contributed by atoms with Crippen LogP contribution in [0, 0.1) is 22.0 Å². The summed E-state index contributed by atoms with van der Waals surface area (Å²) in [7, 11) is 1.54. The Morgan fingerprint density at radius 1 is 1.42 bits per heavy atom. The lowest BCUT2D eigenvalue weighted by molar-refractivity contribution is -0.484. The summed E-state index contributed by atoms with van der Waals surface area (Å²) in [5.74, 6) is -0.118. The summed E-state index contributed by atoms with van der Waals surface area (Å²) in [6.07, 6.45) is 0.818. The van der Waals surface area contributed by atoms with Gasteiger partial charge < -0.3 is 9.53 Å². The maximum atomic E-state index is 11.2. The van der Waals surface area contributed by atoms with E-state index in [0.29, 0.717) is 5.75 Å². The second-order valence-corrected chi connectivity index (χ2v) is 4.86. The van der Waals surface area contributed by atoms with Crippen LogP contribution in [0.1, 0.15) is 25.3 Å². The van der Waals surface area contributed by atoms with Crippen LogP contribution in [-0.4, -0.2) is 24.9 Å². The van der Waals surface area contributed by atoms with Gasteiger partial charge in [0, 0.05) is 10.8 Å². The van der Waals surface area contributed by atoms with E-state index in [1.165, 1.54) is 0 Å². The molecule has 0 saturated heterocycles. The van der Waals surface area contributed by atoms with E-state index in [2.05, 4.69) is 0 Å². The third-order valence-electron chi connectivity index (χ3n) is 3.26. The highest BCUT2D eigenvalue weighted by atomic mass is 16.6. The lowest BCUT2D eigenvalue weighted by atomic mass is 9.80. The van der Waals surface area contributed by atoms with Gasteiger partial charge in [0.1, 0.15) is 12.0 Å². The summed E-state index contributed by atoms with van der Waals surface area (Å²) >= 11 is 0. The van der Waals surface area contributed by atoms with Gasteiger partial charge in [-0.1, -0.05) is 26.0 Å². The van der Waals surface area contributed by atoms with Crippen molar-refractivity contribution in [1.82, 2.24) is 0 Å². The Morgan fingerprint density at radius 3 is 2.58 bits per heavy atom. The molecule has 0 amide bonds. The topological polar surface area (TPSA) is 69.4 Å². The third kappa shape index (κ3) is 4.05. The van der Waals surface area contributed by atoms with Crippen molar-refractivity contribution >= 4 is 6.29 Å². The molecule has 5 heteroatoms. The van der Waals surface area contributed by atoms with Gasteiger partial charge in [0.2, 0.25) is 6.54 Å². The molecule has 0 aromatic heterocycles. The lowest BCUT2D eigenvalue weighted by Crippen LogP contribution is -2.26. The van der Waals surface area contributed by atoms with Crippen molar-refractivity contribution in [3.63, 3.8) is 0 Å². The molecule has 1 aromatic carbocycles. The Morgan fingerprint density at radius 2 is 2.11 bits per heavy atom. The number of nitrogens with zero attached hydrogens (tertiary/aromatic N) is 1. The molecule has 0 saturated carbocycles. The molecule has 0 aliphatic carbocycles. The highest BCUT2D eigenvalue weighted by Crippen LogP contribution is 2.31. The number of nitro groups is 1. The van der Waals surface area contributed by atoms with E-state index >= 15 is 0 Å². The fourth-order valence-corrected chi connectivity index (χ4v) is 2.20. The zero-order chi connectivity index (χ0) is 14.4. The highest BCUT2D eigenvalue weighted by Gasteiger charge is 2.30. The van der Waals surface area contributed by atoms with Gasteiger partial charge in [-0.3, -0.25) is 10.1 Å². The monoisotopic (exact) mass is 265 g/mol. The molecule has 1 rings (SSSR count). The Hall–Kier alpha value is -1.91. The normalized spacial score (nSPS) is 13.9. The van der Waals surface area contributed by atoms with E-state index in [1.807, 2.05) is 13.8 Å². The molecular weight excluding hydrogens is 246 g/mol. The summed E-state index contributed by atoms with van der Waals surface area (Å²) < 4.78 is 5.13.